The maximum Gasteiger partial charge on any atom is 0.416 e. The number of nitrogens with one attached hydrogen (secondary N) is 1. The molecule has 2 fully saturated rings. The zero-order valence-corrected chi connectivity index (χ0v) is 20.2. The van der Waals surface area contributed by atoms with Crippen LogP contribution in [0.2, 0.25) is 0 Å². The fourth-order valence-corrected chi connectivity index (χ4v) is 5.61. The third-order valence-electron chi connectivity index (χ3n) is 7.53. The number of hydrogen-bond donors (Lipinski definition) is 3. The molecule has 4 rings (SSSR count). The van der Waals surface area contributed by atoms with E-state index in [4.69, 9.17) is 10.5 Å². The number of aliphatic hydroxyl groups excluding tert-OH is 1. The van der Waals surface area contributed by atoms with Crippen LogP contribution in [0.5, 0.6) is 0 Å². The minimum Gasteiger partial charge on any atom is -0.377 e. The molecular formula is C26H29F7N2O2. The van der Waals surface area contributed by atoms with Crippen LogP contribution >= 0.6 is 0 Å². The zero-order valence-electron chi connectivity index (χ0n) is 20.2. The lowest BCUT2D eigenvalue weighted by atomic mass is 9.80. The van der Waals surface area contributed by atoms with E-state index < -0.39 is 53.3 Å². The molecule has 0 spiro atoms. The first-order valence-corrected chi connectivity index (χ1v) is 12.0. The number of alkyl halides is 6. The summed E-state index contributed by atoms with van der Waals surface area (Å²) in [6.07, 6.45) is -11.0. The van der Waals surface area contributed by atoms with Gasteiger partial charge in [0.05, 0.1) is 28.9 Å². The SMILES string of the molecule is CC(OC1CC[C@@H](C2C[C@@](C)(N)C(O)N2)[C@@H]1c1ccc(F)cc1)c1cc(C(F)(F)F)cc(C(F)(F)F)c1. The molecule has 2 aromatic rings. The molecule has 11 heteroatoms. The number of ether oxygens (including phenoxy) is 1. The molecule has 4 unspecified atom stereocenters. The molecular weight excluding hydrogens is 505 g/mol. The minimum absolute atomic E-state index is 0.0873. The molecule has 0 radical (unpaired) electrons. The van der Waals surface area contributed by atoms with Gasteiger partial charge in [0, 0.05) is 12.0 Å². The molecule has 1 saturated carbocycles. The van der Waals surface area contributed by atoms with Crippen LogP contribution in [0.15, 0.2) is 42.5 Å². The Labute approximate surface area is 210 Å². The lowest BCUT2D eigenvalue weighted by molar-refractivity contribution is -0.143. The Balaban J connectivity index is 1.64. The monoisotopic (exact) mass is 534 g/mol. The van der Waals surface area contributed by atoms with Crippen LogP contribution in [0, 0.1) is 11.7 Å². The molecule has 0 aromatic heterocycles. The first-order chi connectivity index (χ1) is 17.1. The van der Waals surface area contributed by atoms with Crippen molar-refractivity contribution in [1.29, 1.82) is 0 Å². The second-order valence-electron chi connectivity index (χ2n) is 10.4. The highest BCUT2D eigenvalue weighted by Gasteiger charge is 2.49. The van der Waals surface area contributed by atoms with E-state index in [1.54, 1.807) is 19.1 Å². The van der Waals surface area contributed by atoms with Gasteiger partial charge in [0.2, 0.25) is 0 Å². The van der Waals surface area contributed by atoms with Crippen molar-refractivity contribution in [3.8, 4) is 0 Å². The Morgan fingerprint density at radius 3 is 2.05 bits per heavy atom. The fraction of sp³-hybridized carbons (Fsp3) is 0.538. The van der Waals surface area contributed by atoms with Crippen LogP contribution < -0.4 is 11.1 Å². The van der Waals surface area contributed by atoms with Gasteiger partial charge in [0.15, 0.2) is 0 Å². The van der Waals surface area contributed by atoms with Gasteiger partial charge in [-0.3, -0.25) is 5.32 Å². The van der Waals surface area contributed by atoms with E-state index in [1.165, 1.54) is 19.1 Å². The summed E-state index contributed by atoms with van der Waals surface area (Å²) in [6.45, 7) is 3.13. The molecule has 4 N–H and O–H groups in total. The maximum atomic E-state index is 13.6. The molecule has 1 heterocycles. The second kappa shape index (κ2) is 9.83. The van der Waals surface area contributed by atoms with Crippen molar-refractivity contribution in [3.05, 3.63) is 70.5 Å². The van der Waals surface area contributed by atoms with Crippen LogP contribution in [0.4, 0.5) is 30.7 Å². The molecule has 4 nitrogen and oxygen atoms in total. The molecule has 1 aliphatic heterocycles. The standard InChI is InChI=1S/C26H29F7N2O2/c1-13(15-9-16(25(28,29)30)11-17(10-15)26(31,32)33)37-21-8-7-19(20-12-24(2,34)23(36)35-20)22(21)14-3-5-18(27)6-4-14/h3-6,9-11,13,19-23,35-36H,7-8,12,34H2,1-2H3/t13?,19-,20?,21?,22-,23?,24+/m0/s1. The van der Waals surface area contributed by atoms with Crippen molar-refractivity contribution >= 4 is 0 Å². The van der Waals surface area contributed by atoms with Crippen LogP contribution in [-0.4, -0.2) is 29.0 Å². The summed E-state index contributed by atoms with van der Waals surface area (Å²) in [7, 11) is 0. The normalized spacial score (nSPS) is 31.6. The van der Waals surface area contributed by atoms with Crippen LogP contribution in [0.25, 0.3) is 0 Å². The quantitative estimate of drug-likeness (QED) is 0.418. The Morgan fingerprint density at radius 2 is 1.57 bits per heavy atom. The molecule has 2 aromatic carbocycles. The fourth-order valence-electron chi connectivity index (χ4n) is 5.61. The number of benzene rings is 2. The molecule has 204 valence electrons. The molecule has 2 aliphatic rings. The van der Waals surface area contributed by atoms with Gasteiger partial charge in [-0.2, -0.15) is 26.3 Å². The van der Waals surface area contributed by atoms with Gasteiger partial charge in [0.1, 0.15) is 12.0 Å². The highest BCUT2D eigenvalue weighted by atomic mass is 19.4. The van der Waals surface area contributed by atoms with Crippen molar-refractivity contribution in [2.45, 2.75) is 81.4 Å². The summed E-state index contributed by atoms with van der Waals surface area (Å²) in [4.78, 5) is 0. The van der Waals surface area contributed by atoms with E-state index >= 15 is 0 Å². The first-order valence-electron chi connectivity index (χ1n) is 12.0. The van der Waals surface area contributed by atoms with Crippen LogP contribution in [0.1, 0.15) is 67.4 Å². The van der Waals surface area contributed by atoms with E-state index in [2.05, 4.69) is 5.32 Å². The largest absolute Gasteiger partial charge is 0.416 e. The molecule has 7 atom stereocenters. The van der Waals surface area contributed by atoms with E-state index in [1.807, 2.05) is 0 Å². The average molecular weight is 535 g/mol. The van der Waals surface area contributed by atoms with Crippen molar-refractivity contribution in [1.82, 2.24) is 5.32 Å². The summed E-state index contributed by atoms with van der Waals surface area (Å²) < 4.78 is 100.0. The Morgan fingerprint density at radius 1 is 1.00 bits per heavy atom. The van der Waals surface area contributed by atoms with Gasteiger partial charge < -0.3 is 15.6 Å². The number of halogens is 7. The Hall–Kier alpha value is -2.21. The third kappa shape index (κ3) is 5.94. The number of nitrogens with two attached hydrogens (primary N) is 1. The summed E-state index contributed by atoms with van der Waals surface area (Å²) in [5, 5.41) is 13.4. The molecule has 1 aliphatic carbocycles. The van der Waals surface area contributed by atoms with Crippen LogP contribution in [-0.2, 0) is 17.1 Å². The van der Waals surface area contributed by atoms with Gasteiger partial charge in [-0.1, -0.05) is 12.1 Å². The Kier molecular flexibility index (Phi) is 7.39. The highest BCUT2D eigenvalue weighted by Crippen LogP contribution is 2.48. The van der Waals surface area contributed by atoms with Gasteiger partial charge in [0.25, 0.3) is 0 Å². The van der Waals surface area contributed by atoms with E-state index in [9.17, 15) is 35.8 Å². The number of aliphatic hydroxyl groups is 1. The molecule has 1 saturated heterocycles. The molecule has 0 amide bonds. The molecule has 0 bridgehead atoms. The van der Waals surface area contributed by atoms with Crippen molar-refractivity contribution < 1.29 is 40.6 Å². The molecule has 37 heavy (non-hydrogen) atoms. The third-order valence-corrected chi connectivity index (χ3v) is 7.53. The van der Waals surface area contributed by atoms with Gasteiger partial charge in [-0.05, 0) is 80.5 Å². The van der Waals surface area contributed by atoms with E-state index in [0.717, 1.165) is 5.56 Å². The smallest absolute Gasteiger partial charge is 0.377 e. The Bertz CT molecular complexity index is 1070. The van der Waals surface area contributed by atoms with Gasteiger partial charge >= 0.3 is 12.4 Å². The van der Waals surface area contributed by atoms with Crippen molar-refractivity contribution in [2.75, 3.05) is 0 Å². The van der Waals surface area contributed by atoms with Crippen molar-refractivity contribution in [2.24, 2.45) is 11.7 Å². The number of rotatable bonds is 5. The van der Waals surface area contributed by atoms with Gasteiger partial charge in [-0.15, -0.1) is 0 Å². The summed E-state index contributed by atoms with van der Waals surface area (Å²) in [5.41, 5.74) is 2.99. The average Bonchev–Trinajstić information content (AvgIpc) is 3.32. The van der Waals surface area contributed by atoms with E-state index in [-0.39, 0.29) is 29.5 Å². The van der Waals surface area contributed by atoms with Crippen molar-refractivity contribution in [3.63, 3.8) is 0 Å². The predicted octanol–water partition coefficient (Wildman–Crippen LogP) is 5.90. The maximum absolute atomic E-state index is 13.6. The summed E-state index contributed by atoms with van der Waals surface area (Å²) >= 11 is 0. The zero-order chi connectivity index (χ0) is 27.3. The second-order valence-corrected chi connectivity index (χ2v) is 10.4. The predicted molar refractivity (Wildman–Crippen MR) is 122 cm³/mol. The van der Waals surface area contributed by atoms with Gasteiger partial charge in [-0.25, -0.2) is 4.39 Å². The summed E-state index contributed by atoms with van der Waals surface area (Å²) in [6, 6.07) is 6.99. The highest BCUT2D eigenvalue weighted by molar-refractivity contribution is 5.35. The topological polar surface area (TPSA) is 67.5 Å². The first kappa shape index (κ1) is 27.8. The van der Waals surface area contributed by atoms with E-state index in [0.29, 0.717) is 31.4 Å². The lowest BCUT2D eigenvalue weighted by Crippen LogP contribution is -2.47. The number of hydrogen-bond acceptors (Lipinski definition) is 4. The van der Waals surface area contributed by atoms with Crippen LogP contribution in [0.3, 0.4) is 0 Å². The lowest BCUT2D eigenvalue weighted by Gasteiger charge is -2.31. The summed E-state index contributed by atoms with van der Waals surface area (Å²) in [5.74, 6) is -0.916. The minimum atomic E-state index is -4.96.